The fourth-order valence-corrected chi connectivity index (χ4v) is 2.65. The molecule has 0 aliphatic rings. The number of aryl methyl sites for hydroxylation is 2. The van der Waals surface area contributed by atoms with Gasteiger partial charge in [-0.25, -0.2) is 0 Å². The van der Waals surface area contributed by atoms with Gasteiger partial charge < -0.3 is 0 Å². The first-order valence-electron chi connectivity index (χ1n) is 6.16. The van der Waals surface area contributed by atoms with Crippen LogP contribution in [0, 0.1) is 10.1 Å². The number of hydrogen-bond donors (Lipinski definition) is 1. The van der Waals surface area contributed by atoms with Gasteiger partial charge >= 0.3 is 10.1 Å². The van der Waals surface area contributed by atoms with Gasteiger partial charge in [-0.05, 0) is 30.0 Å². The van der Waals surface area contributed by atoms with Gasteiger partial charge in [-0.3, -0.25) is 14.7 Å². The van der Waals surface area contributed by atoms with Gasteiger partial charge in [0, 0.05) is 6.07 Å². The molecule has 21 heavy (non-hydrogen) atoms. The molecule has 0 saturated carbocycles. The van der Waals surface area contributed by atoms with E-state index in [0.717, 1.165) is 11.6 Å². The highest BCUT2D eigenvalue weighted by Crippen LogP contribution is 2.25. The van der Waals surface area contributed by atoms with Crippen molar-refractivity contribution in [1.82, 2.24) is 0 Å². The fraction of sp³-hybridized carbons (Fsp3) is 0.143. The lowest BCUT2D eigenvalue weighted by molar-refractivity contribution is -0.388. The molecule has 0 fully saturated rings. The summed E-state index contributed by atoms with van der Waals surface area (Å²) in [5, 5.41) is 10.9. The minimum absolute atomic E-state index is 0.538. The summed E-state index contributed by atoms with van der Waals surface area (Å²) in [4.78, 5) is 9.43. The normalized spacial score (nSPS) is 11.3. The Hall–Kier alpha value is -2.25. The molecule has 0 unspecified atom stereocenters. The summed E-state index contributed by atoms with van der Waals surface area (Å²) in [5.41, 5.74) is 1.11. The van der Waals surface area contributed by atoms with E-state index in [1.807, 2.05) is 30.3 Å². The third kappa shape index (κ3) is 3.87. The molecule has 1 N–H and O–H groups in total. The molecule has 2 aromatic rings. The van der Waals surface area contributed by atoms with E-state index in [-0.39, 0.29) is 0 Å². The fourth-order valence-electron chi connectivity index (χ4n) is 2.01. The van der Waals surface area contributed by atoms with Crippen LogP contribution in [0.25, 0.3) is 0 Å². The maximum absolute atomic E-state index is 11.1. The lowest BCUT2D eigenvalue weighted by Gasteiger charge is -2.04. The second-order valence-electron chi connectivity index (χ2n) is 4.52. The summed E-state index contributed by atoms with van der Waals surface area (Å²) in [7, 11) is -4.60. The first-order chi connectivity index (χ1) is 9.88. The number of benzene rings is 2. The van der Waals surface area contributed by atoms with Crippen LogP contribution < -0.4 is 0 Å². The predicted molar refractivity (Wildman–Crippen MR) is 76.8 cm³/mol. The van der Waals surface area contributed by atoms with E-state index in [9.17, 15) is 18.5 Å². The van der Waals surface area contributed by atoms with Crippen LogP contribution in [0.4, 0.5) is 5.69 Å². The molecule has 2 aromatic carbocycles. The zero-order chi connectivity index (χ0) is 15.5. The van der Waals surface area contributed by atoms with Crippen LogP contribution in [0.2, 0.25) is 0 Å². The zero-order valence-electron chi connectivity index (χ0n) is 11.0. The zero-order valence-corrected chi connectivity index (χ0v) is 11.8. The largest absolute Gasteiger partial charge is 0.301 e. The second-order valence-corrected chi connectivity index (χ2v) is 5.91. The maximum Gasteiger partial charge on any atom is 0.301 e. The Bertz CT molecular complexity index is 756. The van der Waals surface area contributed by atoms with Crippen molar-refractivity contribution >= 4 is 15.8 Å². The third-order valence-electron chi connectivity index (χ3n) is 3.04. The van der Waals surface area contributed by atoms with Gasteiger partial charge in [0.05, 0.1) is 4.92 Å². The summed E-state index contributed by atoms with van der Waals surface area (Å²) in [6.45, 7) is 0. The third-order valence-corrected chi connectivity index (χ3v) is 3.94. The van der Waals surface area contributed by atoms with Crippen LogP contribution >= 0.6 is 0 Å². The van der Waals surface area contributed by atoms with Crippen molar-refractivity contribution in [3.8, 4) is 0 Å². The minimum atomic E-state index is -4.60. The Morgan fingerprint density at radius 1 is 1.00 bits per heavy atom. The van der Waals surface area contributed by atoms with Crippen molar-refractivity contribution in [1.29, 1.82) is 0 Å². The van der Waals surface area contributed by atoms with E-state index >= 15 is 0 Å². The summed E-state index contributed by atoms with van der Waals surface area (Å²) in [6, 6.07) is 13.3. The lowest BCUT2D eigenvalue weighted by atomic mass is 10.0. The predicted octanol–water partition coefficient (Wildman–Crippen LogP) is 2.63. The lowest BCUT2D eigenvalue weighted by Crippen LogP contribution is -2.04. The summed E-state index contributed by atoms with van der Waals surface area (Å²) < 4.78 is 31.2. The first-order valence-corrected chi connectivity index (χ1v) is 7.60. The summed E-state index contributed by atoms with van der Waals surface area (Å²) in [6.07, 6.45) is 1.22. The first kappa shape index (κ1) is 15.1. The molecule has 0 aliphatic carbocycles. The highest BCUT2D eigenvalue weighted by atomic mass is 32.2. The van der Waals surface area contributed by atoms with Crippen LogP contribution in [0.5, 0.6) is 0 Å². The molecule has 0 atom stereocenters. The average molecular weight is 307 g/mol. The molecule has 0 bridgehead atoms. The standard InChI is InChI=1S/C14H13NO5S/c16-15(17)13-10-12(8-9-14(13)21(18,19)20)7-6-11-4-2-1-3-5-11/h1-5,8-10H,6-7H2,(H,18,19,20). The summed E-state index contributed by atoms with van der Waals surface area (Å²) >= 11 is 0. The van der Waals surface area contributed by atoms with E-state index in [1.54, 1.807) is 0 Å². The van der Waals surface area contributed by atoms with E-state index in [4.69, 9.17) is 4.55 Å². The van der Waals surface area contributed by atoms with Crippen molar-refractivity contribution < 1.29 is 17.9 Å². The Kier molecular flexibility index (Phi) is 4.35. The van der Waals surface area contributed by atoms with Crippen molar-refractivity contribution in [3.63, 3.8) is 0 Å². The van der Waals surface area contributed by atoms with Gasteiger partial charge in [0.2, 0.25) is 0 Å². The number of nitro benzene ring substituents is 1. The SMILES string of the molecule is O=[N+]([O-])c1cc(CCc2ccccc2)ccc1S(=O)(=O)O. The van der Waals surface area contributed by atoms with E-state index < -0.39 is 25.6 Å². The molecule has 0 heterocycles. The van der Waals surface area contributed by atoms with Crippen LogP contribution in [0.15, 0.2) is 53.4 Å². The van der Waals surface area contributed by atoms with Crippen LogP contribution in [0.1, 0.15) is 11.1 Å². The molecule has 110 valence electrons. The molecule has 2 rings (SSSR count). The van der Waals surface area contributed by atoms with Gasteiger partial charge in [0.15, 0.2) is 4.90 Å². The van der Waals surface area contributed by atoms with Crippen LogP contribution in [-0.2, 0) is 23.0 Å². The van der Waals surface area contributed by atoms with E-state index in [0.29, 0.717) is 18.4 Å². The minimum Gasteiger partial charge on any atom is -0.282 e. The van der Waals surface area contributed by atoms with Crippen LogP contribution in [-0.4, -0.2) is 17.9 Å². The van der Waals surface area contributed by atoms with Gasteiger partial charge in [-0.1, -0.05) is 36.4 Å². The highest BCUT2D eigenvalue weighted by Gasteiger charge is 2.24. The maximum atomic E-state index is 11.1. The number of rotatable bonds is 5. The Morgan fingerprint density at radius 3 is 2.19 bits per heavy atom. The smallest absolute Gasteiger partial charge is 0.282 e. The molecule has 7 heteroatoms. The van der Waals surface area contributed by atoms with Crippen molar-refractivity contribution in [2.24, 2.45) is 0 Å². The number of nitro groups is 1. The van der Waals surface area contributed by atoms with Gasteiger partial charge in [-0.2, -0.15) is 8.42 Å². The van der Waals surface area contributed by atoms with Gasteiger partial charge in [0.25, 0.3) is 5.69 Å². The number of hydrogen-bond acceptors (Lipinski definition) is 4. The average Bonchev–Trinajstić information content (AvgIpc) is 2.45. The van der Waals surface area contributed by atoms with Crippen molar-refractivity contribution in [3.05, 3.63) is 69.8 Å². The highest BCUT2D eigenvalue weighted by molar-refractivity contribution is 7.86. The molecular weight excluding hydrogens is 294 g/mol. The Balaban J connectivity index is 2.27. The molecule has 0 radical (unpaired) electrons. The van der Waals surface area contributed by atoms with E-state index in [1.165, 1.54) is 12.1 Å². The summed E-state index contributed by atoms with van der Waals surface area (Å²) in [5.74, 6) is 0. The molecule has 0 saturated heterocycles. The van der Waals surface area contributed by atoms with Crippen LogP contribution in [0.3, 0.4) is 0 Å². The topological polar surface area (TPSA) is 97.5 Å². The molecule has 0 aromatic heterocycles. The Morgan fingerprint density at radius 2 is 1.62 bits per heavy atom. The molecule has 0 aliphatic heterocycles. The van der Waals surface area contributed by atoms with E-state index in [2.05, 4.69) is 0 Å². The van der Waals surface area contributed by atoms with Crippen molar-refractivity contribution in [2.75, 3.05) is 0 Å². The number of nitrogens with zero attached hydrogens (tertiary/aromatic N) is 1. The molecule has 0 spiro atoms. The molecular formula is C14H13NO5S. The van der Waals surface area contributed by atoms with Crippen molar-refractivity contribution in [2.45, 2.75) is 17.7 Å². The quantitative estimate of drug-likeness (QED) is 0.520. The van der Waals surface area contributed by atoms with Gasteiger partial charge in [-0.15, -0.1) is 0 Å². The molecule has 6 nitrogen and oxygen atoms in total. The Labute approximate surface area is 121 Å². The molecule has 0 amide bonds. The monoisotopic (exact) mass is 307 g/mol. The van der Waals surface area contributed by atoms with Gasteiger partial charge in [0.1, 0.15) is 0 Å². The second kappa shape index (κ2) is 6.02.